The molecule has 2 aromatic carbocycles. The molecule has 4 rings (SSSR count). The lowest BCUT2D eigenvalue weighted by atomic mass is 9.99. The first-order chi connectivity index (χ1) is 13.4. The van der Waals surface area contributed by atoms with Gasteiger partial charge in [-0.3, -0.25) is 4.79 Å². The third-order valence-corrected chi connectivity index (χ3v) is 7.14. The van der Waals surface area contributed by atoms with Gasteiger partial charge in [0, 0.05) is 18.7 Å². The van der Waals surface area contributed by atoms with Crippen LogP contribution in [0, 0.1) is 0 Å². The Kier molecular flexibility index (Phi) is 5.28. The van der Waals surface area contributed by atoms with Crippen LogP contribution in [-0.4, -0.2) is 20.9 Å². The molecular formula is C23H27NO3S. The number of benzene rings is 2. The van der Waals surface area contributed by atoms with E-state index in [9.17, 15) is 13.2 Å². The number of rotatable bonds is 7. The highest BCUT2D eigenvalue weighted by molar-refractivity contribution is 7.89. The third-order valence-electron chi connectivity index (χ3n) is 5.59. The van der Waals surface area contributed by atoms with Crippen molar-refractivity contribution in [2.45, 2.75) is 56.5 Å². The quantitative estimate of drug-likeness (QED) is 0.697. The zero-order chi connectivity index (χ0) is 19.7. The number of sulfone groups is 1. The molecule has 0 N–H and O–H groups in total. The Balaban J connectivity index is 1.47. The molecule has 4 nitrogen and oxygen atoms in total. The Morgan fingerprint density at radius 1 is 0.964 bits per heavy atom. The molecule has 28 heavy (non-hydrogen) atoms. The number of hydrogen-bond donors (Lipinski definition) is 0. The summed E-state index contributed by atoms with van der Waals surface area (Å²) in [5.74, 6) is 0.937. The van der Waals surface area contributed by atoms with Crippen molar-refractivity contribution in [1.29, 1.82) is 0 Å². The molecular weight excluding hydrogens is 370 g/mol. The van der Waals surface area contributed by atoms with Crippen molar-refractivity contribution in [3.63, 3.8) is 0 Å². The largest absolute Gasteiger partial charge is 0.312 e. The Bertz CT molecular complexity index is 975. The smallest absolute Gasteiger partial charge is 0.227 e. The fourth-order valence-corrected chi connectivity index (χ4v) is 5.52. The summed E-state index contributed by atoms with van der Waals surface area (Å²) in [5.41, 5.74) is 4.99. The molecule has 2 aromatic rings. The second kappa shape index (κ2) is 7.70. The number of hydrogen-bond acceptors (Lipinski definition) is 3. The average Bonchev–Trinajstić information content (AvgIpc) is 3.49. The fourth-order valence-electron chi connectivity index (χ4n) is 4.03. The van der Waals surface area contributed by atoms with Gasteiger partial charge in [-0.1, -0.05) is 43.3 Å². The van der Waals surface area contributed by atoms with Crippen LogP contribution in [0.1, 0.15) is 60.8 Å². The van der Waals surface area contributed by atoms with E-state index in [0.717, 1.165) is 28.8 Å². The first-order valence-corrected chi connectivity index (χ1v) is 12.0. The molecule has 2 aliphatic rings. The fraction of sp³-hybridized carbons (Fsp3) is 0.435. The molecule has 0 saturated heterocycles. The van der Waals surface area contributed by atoms with Crippen LogP contribution in [0.15, 0.2) is 42.5 Å². The average molecular weight is 398 g/mol. The van der Waals surface area contributed by atoms with Gasteiger partial charge >= 0.3 is 0 Å². The number of amides is 1. The zero-order valence-corrected chi connectivity index (χ0v) is 17.2. The number of aryl methyl sites for hydroxylation is 1. The minimum atomic E-state index is -3.25. The predicted octanol–water partition coefficient (Wildman–Crippen LogP) is 4.37. The van der Waals surface area contributed by atoms with E-state index < -0.39 is 9.84 Å². The summed E-state index contributed by atoms with van der Waals surface area (Å²) in [6.07, 6.45) is 4.58. The third kappa shape index (κ3) is 4.30. The molecule has 0 bridgehead atoms. The van der Waals surface area contributed by atoms with Crippen LogP contribution < -0.4 is 4.90 Å². The van der Waals surface area contributed by atoms with Crippen molar-refractivity contribution in [2.75, 3.05) is 11.4 Å². The lowest BCUT2D eigenvalue weighted by Crippen LogP contribution is -2.35. The second-order valence-corrected chi connectivity index (χ2v) is 10.1. The SMILES string of the molecule is CCCN1C(=O)CCc2cc(CS(=O)(=O)Cc3ccc(C4CC4)cc3)ccc21. The van der Waals surface area contributed by atoms with Crippen molar-refractivity contribution in [3.8, 4) is 0 Å². The topological polar surface area (TPSA) is 54.5 Å². The van der Waals surface area contributed by atoms with Crippen molar-refractivity contribution in [2.24, 2.45) is 0 Å². The van der Waals surface area contributed by atoms with Gasteiger partial charge in [0.05, 0.1) is 11.5 Å². The van der Waals surface area contributed by atoms with Gasteiger partial charge in [-0.2, -0.15) is 0 Å². The molecule has 0 aromatic heterocycles. The first kappa shape index (κ1) is 19.2. The van der Waals surface area contributed by atoms with E-state index in [-0.39, 0.29) is 17.4 Å². The standard InChI is InChI=1S/C23H27NO3S/c1-2-13-24-22-11-5-18(14-21(22)10-12-23(24)25)16-28(26,27)15-17-3-6-19(7-4-17)20-8-9-20/h3-7,11,14,20H,2,8-10,12-13,15-16H2,1H3. The maximum Gasteiger partial charge on any atom is 0.227 e. The van der Waals surface area contributed by atoms with E-state index in [1.165, 1.54) is 18.4 Å². The van der Waals surface area contributed by atoms with E-state index in [4.69, 9.17) is 0 Å². The lowest BCUT2D eigenvalue weighted by molar-refractivity contribution is -0.118. The number of fused-ring (bicyclic) bond motifs is 1. The van der Waals surface area contributed by atoms with Crippen molar-refractivity contribution >= 4 is 21.4 Å². The molecule has 1 aliphatic heterocycles. The normalized spacial score (nSPS) is 16.9. The van der Waals surface area contributed by atoms with Gasteiger partial charge in [0.25, 0.3) is 0 Å². The van der Waals surface area contributed by atoms with Gasteiger partial charge in [0.1, 0.15) is 0 Å². The molecule has 1 amide bonds. The number of nitrogens with zero attached hydrogens (tertiary/aromatic N) is 1. The number of carbonyl (C=O) groups excluding carboxylic acids is 1. The lowest BCUT2D eigenvalue weighted by Gasteiger charge is -2.29. The maximum atomic E-state index is 12.7. The summed E-state index contributed by atoms with van der Waals surface area (Å²) < 4.78 is 25.4. The first-order valence-electron chi connectivity index (χ1n) is 10.2. The van der Waals surface area contributed by atoms with Gasteiger partial charge in [0.15, 0.2) is 9.84 Å². The van der Waals surface area contributed by atoms with Crippen molar-refractivity contribution in [3.05, 3.63) is 64.7 Å². The highest BCUT2D eigenvalue weighted by atomic mass is 32.2. The number of carbonyl (C=O) groups is 1. The molecule has 0 unspecified atom stereocenters. The summed E-state index contributed by atoms with van der Waals surface area (Å²) in [5, 5.41) is 0. The molecule has 1 heterocycles. The Hall–Kier alpha value is -2.14. The molecule has 0 spiro atoms. The minimum Gasteiger partial charge on any atom is -0.312 e. The summed E-state index contributed by atoms with van der Waals surface area (Å²) in [6.45, 7) is 2.76. The van der Waals surface area contributed by atoms with Crippen LogP contribution in [0.4, 0.5) is 5.69 Å². The molecule has 1 fully saturated rings. The van der Waals surface area contributed by atoms with Crippen LogP contribution >= 0.6 is 0 Å². The van der Waals surface area contributed by atoms with Crippen molar-refractivity contribution < 1.29 is 13.2 Å². The summed E-state index contributed by atoms with van der Waals surface area (Å²) in [4.78, 5) is 14.0. The molecule has 0 radical (unpaired) electrons. The van der Waals surface area contributed by atoms with E-state index in [2.05, 4.69) is 19.1 Å². The van der Waals surface area contributed by atoms with E-state index in [1.54, 1.807) is 0 Å². The van der Waals surface area contributed by atoms with Crippen LogP contribution in [0.5, 0.6) is 0 Å². The molecule has 148 valence electrons. The summed E-state index contributed by atoms with van der Waals surface area (Å²) in [7, 11) is -3.25. The van der Waals surface area contributed by atoms with Gasteiger partial charge in [-0.25, -0.2) is 8.42 Å². The zero-order valence-electron chi connectivity index (χ0n) is 16.4. The minimum absolute atomic E-state index is 0.0341. The number of anilines is 1. The Labute approximate surface area is 167 Å². The summed E-state index contributed by atoms with van der Waals surface area (Å²) in [6, 6.07) is 13.8. The van der Waals surface area contributed by atoms with Crippen LogP contribution in [0.2, 0.25) is 0 Å². The molecule has 1 aliphatic carbocycles. The van der Waals surface area contributed by atoms with Crippen LogP contribution in [0.3, 0.4) is 0 Å². The Morgan fingerprint density at radius 3 is 2.32 bits per heavy atom. The van der Waals surface area contributed by atoms with Crippen molar-refractivity contribution in [1.82, 2.24) is 0 Å². The van der Waals surface area contributed by atoms with E-state index >= 15 is 0 Å². The predicted molar refractivity (Wildman–Crippen MR) is 112 cm³/mol. The van der Waals surface area contributed by atoms with Crippen LogP contribution in [0.25, 0.3) is 0 Å². The van der Waals surface area contributed by atoms with E-state index in [1.807, 2.05) is 35.2 Å². The monoisotopic (exact) mass is 397 g/mol. The second-order valence-electron chi connectivity index (χ2n) is 8.06. The van der Waals surface area contributed by atoms with Gasteiger partial charge in [-0.15, -0.1) is 0 Å². The Morgan fingerprint density at radius 2 is 1.64 bits per heavy atom. The van der Waals surface area contributed by atoms with Crippen LogP contribution in [-0.2, 0) is 32.6 Å². The molecule has 5 heteroatoms. The highest BCUT2D eigenvalue weighted by Crippen LogP contribution is 2.40. The molecule has 1 saturated carbocycles. The summed E-state index contributed by atoms with van der Waals surface area (Å²) >= 11 is 0. The molecule has 0 atom stereocenters. The maximum absolute atomic E-state index is 12.7. The van der Waals surface area contributed by atoms with E-state index in [0.29, 0.717) is 25.3 Å². The van der Waals surface area contributed by atoms with Gasteiger partial charge < -0.3 is 4.90 Å². The van der Waals surface area contributed by atoms with Gasteiger partial charge in [-0.05, 0) is 59.9 Å². The highest BCUT2D eigenvalue weighted by Gasteiger charge is 2.25. The van der Waals surface area contributed by atoms with Gasteiger partial charge in [0.2, 0.25) is 5.91 Å².